The molecule has 1 N–H and O–H groups in total. The van der Waals surface area contributed by atoms with E-state index in [4.69, 9.17) is 5.26 Å². The van der Waals surface area contributed by atoms with Crippen LogP contribution in [0.3, 0.4) is 0 Å². The van der Waals surface area contributed by atoms with E-state index >= 15 is 0 Å². The van der Waals surface area contributed by atoms with Crippen molar-refractivity contribution in [3.05, 3.63) is 24.4 Å². The lowest BCUT2D eigenvalue weighted by Gasteiger charge is -2.35. The zero-order valence-electron chi connectivity index (χ0n) is 11.8. The number of anilines is 1. The lowest BCUT2D eigenvalue weighted by Crippen LogP contribution is -2.47. The first-order valence-corrected chi connectivity index (χ1v) is 7.68. The van der Waals surface area contributed by atoms with Gasteiger partial charge in [0, 0.05) is 31.4 Å². The standard InChI is InChI=1S/C16H22N4/c17-12-13-4-3-5-15(13)19-14-7-10-20(11-8-14)16-6-1-2-9-18-16/h1-2,6,9,13-15,19H,3-5,7-8,10-11H2. The predicted molar refractivity (Wildman–Crippen MR) is 79.3 cm³/mol. The molecule has 1 aromatic heterocycles. The van der Waals surface area contributed by atoms with Crippen molar-refractivity contribution in [2.24, 2.45) is 5.92 Å². The molecule has 2 aliphatic rings. The Morgan fingerprint density at radius 3 is 2.75 bits per heavy atom. The van der Waals surface area contributed by atoms with E-state index in [1.54, 1.807) is 0 Å². The third kappa shape index (κ3) is 2.94. The van der Waals surface area contributed by atoms with Crippen molar-refractivity contribution in [1.29, 1.82) is 5.26 Å². The van der Waals surface area contributed by atoms with Gasteiger partial charge in [0.05, 0.1) is 12.0 Å². The van der Waals surface area contributed by atoms with E-state index in [1.165, 1.54) is 12.8 Å². The molecule has 1 saturated carbocycles. The second-order valence-electron chi connectivity index (χ2n) is 5.89. The number of hydrogen-bond acceptors (Lipinski definition) is 4. The van der Waals surface area contributed by atoms with Gasteiger partial charge in [-0.3, -0.25) is 0 Å². The molecule has 2 heterocycles. The minimum absolute atomic E-state index is 0.226. The van der Waals surface area contributed by atoms with Gasteiger partial charge >= 0.3 is 0 Å². The Morgan fingerprint density at radius 2 is 2.05 bits per heavy atom. The van der Waals surface area contributed by atoms with Crippen LogP contribution in [0.1, 0.15) is 32.1 Å². The lowest BCUT2D eigenvalue weighted by molar-refractivity contribution is 0.345. The normalized spacial score (nSPS) is 27.4. The van der Waals surface area contributed by atoms with Gasteiger partial charge < -0.3 is 10.2 Å². The summed E-state index contributed by atoms with van der Waals surface area (Å²) in [6.45, 7) is 2.11. The van der Waals surface area contributed by atoms with Crippen molar-refractivity contribution in [3.63, 3.8) is 0 Å². The largest absolute Gasteiger partial charge is 0.357 e. The van der Waals surface area contributed by atoms with Gasteiger partial charge in [-0.2, -0.15) is 5.26 Å². The van der Waals surface area contributed by atoms with E-state index in [0.29, 0.717) is 12.1 Å². The fraction of sp³-hybridized carbons (Fsp3) is 0.625. The molecule has 2 unspecified atom stereocenters. The number of hydrogen-bond donors (Lipinski definition) is 1. The van der Waals surface area contributed by atoms with E-state index in [2.05, 4.69) is 27.3 Å². The van der Waals surface area contributed by atoms with Crippen LogP contribution in [0.15, 0.2) is 24.4 Å². The van der Waals surface area contributed by atoms with E-state index in [1.807, 2.05) is 18.3 Å². The second kappa shape index (κ2) is 6.23. The number of rotatable bonds is 3. The highest BCUT2D eigenvalue weighted by molar-refractivity contribution is 5.38. The Hall–Kier alpha value is -1.60. The highest BCUT2D eigenvalue weighted by Crippen LogP contribution is 2.26. The first-order valence-electron chi connectivity index (χ1n) is 7.68. The molecule has 1 saturated heterocycles. The SMILES string of the molecule is N#CC1CCCC1NC1CCN(c2ccccn2)CC1. The van der Waals surface area contributed by atoms with Crippen molar-refractivity contribution in [1.82, 2.24) is 10.3 Å². The van der Waals surface area contributed by atoms with Crippen molar-refractivity contribution >= 4 is 5.82 Å². The molecule has 2 atom stereocenters. The van der Waals surface area contributed by atoms with Crippen molar-refractivity contribution in [2.75, 3.05) is 18.0 Å². The minimum atomic E-state index is 0.226. The Labute approximate surface area is 120 Å². The first-order chi connectivity index (χ1) is 9.86. The van der Waals surface area contributed by atoms with Gasteiger partial charge in [0.2, 0.25) is 0 Å². The van der Waals surface area contributed by atoms with E-state index < -0.39 is 0 Å². The van der Waals surface area contributed by atoms with Gasteiger partial charge in [-0.25, -0.2) is 4.98 Å². The summed E-state index contributed by atoms with van der Waals surface area (Å²) in [7, 11) is 0. The molecule has 4 nitrogen and oxygen atoms in total. The summed E-state index contributed by atoms with van der Waals surface area (Å²) < 4.78 is 0. The van der Waals surface area contributed by atoms with Gasteiger partial charge in [-0.1, -0.05) is 12.5 Å². The van der Waals surface area contributed by atoms with Crippen LogP contribution < -0.4 is 10.2 Å². The quantitative estimate of drug-likeness (QED) is 0.916. The minimum Gasteiger partial charge on any atom is -0.357 e. The molecule has 20 heavy (non-hydrogen) atoms. The Kier molecular flexibility index (Phi) is 4.17. The first kappa shape index (κ1) is 13.4. The number of nitriles is 1. The zero-order chi connectivity index (χ0) is 13.8. The van der Waals surface area contributed by atoms with Crippen LogP contribution >= 0.6 is 0 Å². The Morgan fingerprint density at radius 1 is 1.20 bits per heavy atom. The van der Waals surface area contributed by atoms with Crippen LogP contribution in [-0.2, 0) is 0 Å². The molecular formula is C16H22N4. The molecule has 3 rings (SSSR count). The van der Waals surface area contributed by atoms with Crippen molar-refractivity contribution < 1.29 is 0 Å². The smallest absolute Gasteiger partial charge is 0.128 e. The zero-order valence-corrected chi connectivity index (χ0v) is 11.8. The monoisotopic (exact) mass is 270 g/mol. The molecule has 1 aromatic rings. The third-order valence-electron chi connectivity index (χ3n) is 4.60. The van der Waals surface area contributed by atoms with Crippen LogP contribution in [0.25, 0.3) is 0 Å². The highest BCUT2D eigenvalue weighted by atomic mass is 15.2. The summed E-state index contributed by atoms with van der Waals surface area (Å²) in [4.78, 5) is 6.77. The van der Waals surface area contributed by atoms with Crippen molar-refractivity contribution in [2.45, 2.75) is 44.2 Å². The number of aromatic nitrogens is 1. The van der Waals surface area contributed by atoms with E-state index in [0.717, 1.165) is 38.2 Å². The molecule has 0 spiro atoms. The maximum Gasteiger partial charge on any atom is 0.128 e. The van der Waals surface area contributed by atoms with Gasteiger partial charge in [-0.15, -0.1) is 0 Å². The fourth-order valence-corrected chi connectivity index (χ4v) is 3.43. The number of pyridine rings is 1. The molecule has 106 valence electrons. The van der Waals surface area contributed by atoms with Crippen LogP contribution in [0.4, 0.5) is 5.82 Å². The van der Waals surface area contributed by atoms with E-state index in [9.17, 15) is 0 Å². The Balaban J connectivity index is 1.50. The summed E-state index contributed by atoms with van der Waals surface area (Å²) in [5, 5.41) is 12.9. The summed E-state index contributed by atoms with van der Waals surface area (Å²) in [6.07, 6.45) is 7.58. The molecule has 2 fully saturated rings. The van der Waals surface area contributed by atoms with Gasteiger partial charge in [0.1, 0.15) is 5.82 Å². The summed E-state index contributed by atoms with van der Waals surface area (Å²) in [5.74, 6) is 1.31. The predicted octanol–water partition coefficient (Wildman–Crippen LogP) is 2.33. The fourth-order valence-electron chi connectivity index (χ4n) is 3.43. The average Bonchev–Trinajstić information content (AvgIpc) is 2.96. The molecule has 0 radical (unpaired) electrons. The molecule has 0 amide bonds. The van der Waals surface area contributed by atoms with Gasteiger partial charge in [0.25, 0.3) is 0 Å². The van der Waals surface area contributed by atoms with Crippen LogP contribution in [0.5, 0.6) is 0 Å². The molecule has 4 heteroatoms. The Bertz CT molecular complexity index is 459. The van der Waals surface area contributed by atoms with Gasteiger partial charge in [0.15, 0.2) is 0 Å². The maximum absolute atomic E-state index is 9.15. The number of piperidine rings is 1. The van der Waals surface area contributed by atoms with Crippen molar-refractivity contribution in [3.8, 4) is 6.07 Å². The van der Waals surface area contributed by atoms with Crippen LogP contribution in [0.2, 0.25) is 0 Å². The van der Waals surface area contributed by atoms with Crippen LogP contribution in [-0.4, -0.2) is 30.2 Å². The summed E-state index contributed by atoms with van der Waals surface area (Å²) in [5.41, 5.74) is 0. The van der Waals surface area contributed by atoms with Gasteiger partial charge in [-0.05, 0) is 37.8 Å². The lowest BCUT2D eigenvalue weighted by atomic mass is 10.00. The third-order valence-corrected chi connectivity index (χ3v) is 4.60. The molecule has 1 aliphatic heterocycles. The second-order valence-corrected chi connectivity index (χ2v) is 5.89. The average molecular weight is 270 g/mol. The van der Waals surface area contributed by atoms with E-state index in [-0.39, 0.29) is 5.92 Å². The molecular weight excluding hydrogens is 248 g/mol. The molecule has 0 aromatic carbocycles. The molecule has 0 bridgehead atoms. The maximum atomic E-state index is 9.15. The van der Waals surface area contributed by atoms with Crippen LogP contribution in [0, 0.1) is 17.2 Å². The highest BCUT2D eigenvalue weighted by Gasteiger charge is 2.30. The summed E-state index contributed by atoms with van der Waals surface area (Å²) >= 11 is 0. The summed E-state index contributed by atoms with van der Waals surface area (Å²) in [6, 6.07) is 9.52. The molecule has 1 aliphatic carbocycles. The number of nitrogens with one attached hydrogen (secondary N) is 1. The number of nitrogens with zero attached hydrogens (tertiary/aromatic N) is 3. The topological polar surface area (TPSA) is 52.0 Å².